The second-order valence-corrected chi connectivity index (χ2v) is 8.34. The van der Waals surface area contributed by atoms with Crippen molar-refractivity contribution in [3.05, 3.63) is 65.5 Å². The molecule has 0 aliphatic carbocycles. The van der Waals surface area contributed by atoms with Crippen LogP contribution in [0.15, 0.2) is 48.5 Å². The largest absolute Gasteiger partial charge is 0.368 e. The number of piperidine rings is 1. The lowest BCUT2D eigenvalue weighted by Gasteiger charge is -2.40. The average molecular weight is 396 g/mol. The molecule has 0 aromatic heterocycles. The third-order valence-corrected chi connectivity index (χ3v) is 6.45. The molecule has 4 rings (SSSR count). The number of rotatable bonds is 5. The van der Waals surface area contributed by atoms with E-state index >= 15 is 0 Å². The van der Waals surface area contributed by atoms with Crippen LogP contribution >= 0.6 is 0 Å². The van der Waals surface area contributed by atoms with Crippen molar-refractivity contribution in [3.63, 3.8) is 0 Å². The minimum atomic E-state index is -0.262. The minimum absolute atomic E-state index is 0.0965. The minimum Gasteiger partial charge on any atom is -0.368 e. The zero-order chi connectivity index (χ0) is 20.4. The molecule has 2 aliphatic heterocycles. The molecule has 0 saturated carbocycles. The molecule has 5 heteroatoms. The van der Waals surface area contributed by atoms with Gasteiger partial charge in [0.2, 0.25) is 5.91 Å². The van der Waals surface area contributed by atoms with E-state index < -0.39 is 0 Å². The summed E-state index contributed by atoms with van der Waals surface area (Å²) in [7, 11) is 1.80. The molecule has 2 aromatic rings. The van der Waals surface area contributed by atoms with Gasteiger partial charge in [-0.15, -0.1) is 0 Å². The summed E-state index contributed by atoms with van der Waals surface area (Å²) in [4.78, 5) is 19.5. The van der Waals surface area contributed by atoms with Crippen molar-refractivity contribution in [2.45, 2.75) is 44.8 Å². The number of amides is 1. The summed E-state index contributed by atoms with van der Waals surface area (Å²) in [5, 5.41) is 0. The number of anilines is 1. The summed E-state index contributed by atoms with van der Waals surface area (Å²) < 4.78 is 13.4. The lowest BCUT2D eigenvalue weighted by atomic mass is 10.0. The maximum Gasteiger partial charge on any atom is 0.239 e. The van der Waals surface area contributed by atoms with Crippen LogP contribution < -0.4 is 4.90 Å². The Hall–Kier alpha value is -2.40. The maximum atomic E-state index is 13.4. The van der Waals surface area contributed by atoms with Crippen molar-refractivity contribution in [2.75, 3.05) is 31.6 Å². The van der Waals surface area contributed by atoms with Crippen molar-refractivity contribution in [1.29, 1.82) is 0 Å². The first-order valence-corrected chi connectivity index (χ1v) is 10.6. The van der Waals surface area contributed by atoms with Gasteiger partial charge in [0.25, 0.3) is 0 Å². The van der Waals surface area contributed by atoms with Crippen molar-refractivity contribution in [3.8, 4) is 0 Å². The van der Waals surface area contributed by atoms with E-state index in [-0.39, 0.29) is 17.8 Å². The summed E-state index contributed by atoms with van der Waals surface area (Å²) in [6, 6.07) is 15.6. The topological polar surface area (TPSA) is 26.8 Å². The van der Waals surface area contributed by atoms with E-state index in [0.29, 0.717) is 12.6 Å². The third kappa shape index (κ3) is 4.30. The highest BCUT2D eigenvalue weighted by atomic mass is 19.1. The van der Waals surface area contributed by atoms with E-state index in [0.717, 1.165) is 44.5 Å². The lowest BCUT2D eigenvalue weighted by Crippen LogP contribution is -2.51. The maximum absolute atomic E-state index is 13.4. The number of nitrogens with zero attached hydrogens (tertiary/aromatic N) is 3. The molecule has 29 heavy (non-hydrogen) atoms. The Kier molecular flexibility index (Phi) is 5.86. The molecule has 1 saturated heterocycles. The Morgan fingerprint density at radius 2 is 1.90 bits per heavy atom. The first kappa shape index (κ1) is 19.9. The molecule has 4 nitrogen and oxygen atoms in total. The summed E-state index contributed by atoms with van der Waals surface area (Å²) in [5.41, 5.74) is 3.67. The quantitative estimate of drug-likeness (QED) is 0.772. The van der Waals surface area contributed by atoms with Gasteiger partial charge in [-0.25, -0.2) is 4.39 Å². The first-order chi connectivity index (χ1) is 14.0. The van der Waals surface area contributed by atoms with E-state index in [1.807, 2.05) is 13.0 Å². The van der Waals surface area contributed by atoms with E-state index in [4.69, 9.17) is 0 Å². The van der Waals surface area contributed by atoms with Crippen LogP contribution in [0.3, 0.4) is 0 Å². The highest BCUT2D eigenvalue weighted by Gasteiger charge is 2.32. The molecule has 1 amide bonds. The van der Waals surface area contributed by atoms with Gasteiger partial charge >= 0.3 is 0 Å². The number of para-hydroxylation sites is 1. The number of likely N-dealkylation sites (tertiary alicyclic amines) is 1. The van der Waals surface area contributed by atoms with E-state index in [2.05, 4.69) is 34.1 Å². The van der Waals surface area contributed by atoms with Crippen molar-refractivity contribution in [1.82, 2.24) is 9.80 Å². The highest BCUT2D eigenvalue weighted by Crippen LogP contribution is 2.32. The molecule has 1 fully saturated rings. The van der Waals surface area contributed by atoms with Crippen molar-refractivity contribution in [2.24, 2.45) is 0 Å². The van der Waals surface area contributed by atoms with Gasteiger partial charge in [-0.1, -0.05) is 30.3 Å². The van der Waals surface area contributed by atoms with Crippen LogP contribution in [0.2, 0.25) is 0 Å². The van der Waals surface area contributed by atoms with Gasteiger partial charge in [-0.05, 0) is 55.5 Å². The van der Waals surface area contributed by atoms with Gasteiger partial charge in [0, 0.05) is 45.0 Å². The number of carbonyl (C=O) groups excluding carboxylic acids is 1. The zero-order valence-corrected chi connectivity index (χ0v) is 17.4. The first-order valence-electron chi connectivity index (χ1n) is 10.6. The highest BCUT2D eigenvalue weighted by molar-refractivity contribution is 5.81. The predicted molar refractivity (Wildman–Crippen MR) is 114 cm³/mol. The van der Waals surface area contributed by atoms with Gasteiger partial charge < -0.3 is 9.80 Å². The average Bonchev–Trinajstić information content (AvgIpc) is 3.17. The number of halogens is 1. The Labute approximate surface area is 172 Å². The lowest BCUT2D eigenvalue weighted by molar-refractivity contribution is -0.136. The normalized spacial score (nSPS) is 18.5. The molecule has 154 valence electrons. The van der Waals surface area contributed by atoms with Crippen LogP contribution in [0.25, 0.3) is 0 Å². The fraction of sp³-hybridized carbons (Fsp3) is 0.458. The van der Waals surface area contributed by atoms with E-state index in [9.17, 15) is 9.18 Å². The second kappa shape index (κ2) is 8.54. The number of hydrogen-bond acceptors (Lipinski definition) is 3. The smallest absolute Gasteiger partial charge is 0.239 e. The standard InChI is InChI=1S/C24H30FN3O/c1-18(24(29)26(2)17-19-6-5-8-21(25)16-19)27-13-11-22(12-14-27)28-15-10-20-7-3-4-9-23(20)28/h3-9,16,18,22H,10-15,17H2,1-2H3. The van der Waals surface area contributed by atoms with Gasteiger partial charge in [0.1, 0.15) is 5.82 Å². The van der Waals surface area contributed by atoms with Crippen LogP contribution in [0.4, 0.5) is 10.1 Å². The second-order valence-electron chi connectivity index (χ2n) is 8.34. The fourth-order valence-electron chi connectivity index (χ4n) is 4.79. The molecule has 2 aliphatic rings. The molecule has 2 aromatic carbocycles. The zero-order valence-electron chi connectivity index (χ0n) is 17.4. The Bertz CT molecular complexity index is 863. The van der Waals surface area contributed by atoms with Gasteiger partial charge in [-0.2, -0.15) is 0 Å². The van der Waals surface area contributed by atoms with Crippen LogP contribution in [0, 0.1) is 5.82 Å². The van der Waals surface area contributed by atoms with Gasteiger partial charge in [-0.3, -0.25) is 9.69 Å². The number of benzene rings is 2. The SMILES string of the molecule is CC(C(=O)N(C)Cc1cccc(F)c1)N1CCC(N2CCc3ccccc32)CC1. The third-order valence-electron chi connectivity index (χ3n) is 6.45. The molecular weight excluding hydrogens is 365 g/mol. The monoisotopic (exact) mass is 395 g/mol. The van der Waals surface area contributed by atoms with Crippen LogP contribution in [-0.2, 0) is 17.8 Å². The summed E-state index contributed by atoms with van der Waals surface area (Å²) in [5.74, 6) is -0.166. The molecular formula is C24H30FN3O. The predicted octanol–water partition coefficient (Wildman–Crippen LogP) is 3.70. The van der Waals surface area contributed by atoms with Crippen LogP contribution in [0.5, 0.6) is 0 Å². The molecule has 1 atom stereocenters. The van der Waals surface area contributed by atoms with Crippen LogP contribution in [-0.4, -0.2) is 54.5 Å². The molecule has 0 bridgehead atoms. The Balaban J connectivity index is 1.32. The van der Waals surface area contributed by atoms with E-state index in [1.54, 1.807) is 18.0 Å². The Morgan fingerprint density at radius 3 is 2.66 bits per heavy atom. The van der Waals surface area contributed by atoms with Crippen LogP contribution in [0.1, 0.15) is 30.9 Å². The molecule has 1 unspecified atom stereocenters. The van der Waals surface area contributed by atoms with Crippen molar-refractivity contribution >= 4 is 11.6 Å². The summed E-state index contributed by atoms with van der Waals surface area (Å²) in [6.45, 7) is 5.40. The van der Waals surface area contributed by atoms with E-state index in [1.165, 1.54) is 23.4 Å². The Morgan fingerprint density at radius 1 is 1.14 bits per heavy atom. The fourth-order valence-corrected chi connectivity index (χ4v) is 4.79. The van der Waals surface area contributed by atoms with Gasteiger partial charge in [0.15, 0.2) is 0 Å². The number of fused-ring (bicyclic) bond motifs is 1. The number of hydrogen-bond donors (Lipinski definition) is 0. The molecule has 0 radical (unpaired) electrons. The summed E-state index contributed by atoms with van der Waals surface area (Å²) >= 11 is 0. The molecule has 2 heterocycles. The van der Waals surface area contributed by atoms with Crippen molar-refractivity contribution < 1.29 is 9.18 Å². The van der Waals surface area contributed by atoms with Gasteiger partial charge in [0.05, 0.1) is 6.04 Å². The summed E-state index contributed by atoms with van der Waals surface area (Å²) in [6.07, 6.45) is 3.30. The molecule has 0 N–H and O–H groups in total. The molecule has 0 spiro atoms. The number of carbonyl (C=O) groups is 1. The number of likely N-dealkylation sites (N-methyl/N-ethyl adjacent to an activating group) is 1.